The average molecular weight is 324 g/mol. The predicted octanol–water partition coefficient (Wildman–Crippen LogP) is 3.37. The zero-order chi connectivity index (χ0) is 16.6. The number of halogens is 1. The van der Waals surface area contributed by atoms with E-state index in [4.69, 9.17) is 17.3 Å². The van der Waals surface area contributed by atoms with Gasteiger partial charge in [0, 0.05) is 6.42 Å². The summed E-state index contributed by atoms with van der Waals surface area (Å²) in [6, 6.07) is 0. The maximum absolute atomic E-state index is 5.68. The van der Waals surface area contributed by atoms with Gasteiger partial charge in [-0.1, -0.05) is 25.2 Å². The fraction of sp³-hybridized carbons (Fsp3) is 0.562. The first-order chi connectivity index (χ1) is 10.3. The quantitative estimate of drug-likeness (QED) is 0.474. The molecule has 0 heterocycles. The van der Waals surface area contributed by atoms with Gasteiger partial charge in [-0.2, -0.15) is 4.99 Å². The Kier molecular flexibility index (Phi) is 7.32. The zero-order valence-corrected chi connectivity index (χ0v) is 14.6. The molecule has 0 aliphatic heterocycles. The first kappa shape index (κ1) is 18.4. The first-order valence-corrected chi connectivity index (χ1v) is 7.93. The van der Waals surface area contributed by atoms with Crippen LogP contribution in [0.3, 0.4) is 0 Å². The number of nitrogens with zero attached hydrogens (tertiary/aromatic N) is 3. The molecule has 1 rings (SSSR count). The Bertz CT molecular complexity index is 517. The minimum absolute atomic E-state index is 0.0520. The van der Waals surface area contributed by atoms with E-state index >= 15 is 0 Å². The Morgan fingerprint density at radius 3 is 2.59 bits per heavy atom. The molecule has 0 unspecified atom stereocenters. The third-order valence-corrected chi connectivity index (χ3v) is 2.85. The maximum atomic E-state index is 5.68. The van der Waals surface area contributed by atoms with Gasteiger partial charge in [-0.15, -0.1) is 0 Å². The molecule has 0 saturated heterocycles. The van der Waals surface area contributed by atoms with Gasteiger partial charge in [0.15, 0.2) is 5.29 Å². The summed E-state index contributed by atoms with van der Waals surface area (Å²) in [6.45, 7) is 8.62. The highest BCUT2D eigenvalue weighted by atomic mass is 35.5. The molecule has 0 amide bonds. The summed E-state index contributed by atoms with van der Waals surface area (Å²) in [5, 5.41) is 3.08. The SMILES string of the molecule is CCC(=NCC1=CCCC=C1)NC(=NC(C)(C)C)/N=C(\N)Cl. The van der Waals surface area contributed by atoms with E-state index in [1.165, 1.54) is 5.57 Å². The summed E-state index contributed by atoms with van der Waals surface area (Å²) >= 11 is 5.68. The van der Waals surface area contributed by atoms with E-state index in [-0.39, 0.29) is 10.8 Å². The van der Waals surface area contributed by atoms with Crippen molar-refractivity contribution in [2.24, 2.45) is 20.7 Å². The van der Waals surface area contributed by atoms with Crippen molar-refractivity contribution in [3.05, 3.63) is 23.8 Å². The summed E-state index contributed by atoms with van der Waals surface area (Å²) in [7, 11) is 0. The van der Waals surface area contributed by atoms with Gasteiger partial charge in [-0.25, -0.2) is 4.99 Å². The predicted molar refractivity (Wildman–Crippen MR) is 96.8 cm³/mol. The van der Waals surface area contributed by atoms with Gasteiger partial charge < -0.3 is 11.1 Å². The van der Waals surface area contributed by atoms with E-state index < -0.39 is 0 Å². The van der Waals surface area contributed by atoms with E-state index in [0.717, 1.165) is 25.1 Å². The number of hydrogen-bond donors (Lipinski definition) is 2. The zero-order valence-electron chi connectivity index (χ0n) is 13.9. The van der Waals surface area contributed by atoms with Gasteiger partial charge in [0.25, 0.3) is 0 Å². The topological polar surface area (TPSA) is 75.1 Å². The van der Waals surface area contributed by atoms with Gasteiger partial charge in [-0.3, -0.25) is 4.99 Å². The molecule has 0 bridgehead atoms. The monoisotopic (exact) mass is 323 g/mol. The molecule has 1 aliphatic rings. The van der Waals surface area contributed by atoms with Crippen LogP contribution in [0.25, 0.3) is 0 Å². The van der Waals surface area contributed by atoms with Crippen LogP contribution in [0.5, 0.6) is 0 Å². The molecular formula is C16H26ClN5. The molecule has 5 nitrogen and oxygen atoms in total. The van der Waals surface area contributed by atoms with E-state index in [1.807, 2.05) is 27.7 Å². The van der Waals surface area contributed by atoms with Crippen LogP contribution in [0, 0.1) is 0 Å². The Labute approximate surface area is 138 Å². The van der Waals surface area contributed by atoms with E-state index in [1.54, 1.807) is 0 Å². The Morgan fingerprint density at radius 2 is 2.09 bits per heavy atom. The largest absolute Gasteiger partial charge is 0.374 e. The number of allylic oxidation sites excluding steroid dienone is 2. The van der Waals surface area contributed by atoms with Gasteiger partial charge in [0.2, 0.25) is 5.96 Å². The molecule has 0 saturated carbocycles. The molecule has 22 heavy (non-hydrogen) atoms. The lowest BCUT2D eigenvalue weighted by Gasteiger charge is -2.15. The van der Waals surface area contributed by atoms with Crippen LogP contribution in [0.15, 0.2) is 38.8 Å². The number of guanidine groups is 1. The van der Waals surface area contributed by atoms with Crippen molar-refractivity contribution in [3.63, 3.8) is 0 Å². The van der Waals surface area contributed by atoms with Gasteiger partial charge >= 0.3 is 0 Å². The summed E-state index contributed by atoms with van der Waals surface area (Å²) in [5.74, 6) is 1.19. The van der Waals surface area contributed by atoms with E-state index in [0.29, 0.717) is 12.5 Å². The van der Waals surface area contributed by atoms with Crippen LogP contribution in [-0.2, 0) is 0 Å². The number of nitrogens with two attached hydrogens (primary N) is 1. The molecule has 0 fully saturated rings. The van der Waals surface area contributed by atoms with Crippen LogP contribution in [-0.4, -0.2) is 29.2 Å². The highest BCUT2D eigenvalue weighted by molar-refractivity contribution is 6.65. The number of nitrogens with one attached hydrogen (secondary N) is 1. The maximum Gasteiger partial charge on any atom is 0.226 e. The molecule has 0 radical (unpaired) electrons. The second-order valence-corrected chi connectivity index (χ2v) is 6.43. The van der Waals surface area contributed by atoms with E-state index in [9.17, 15) is 0 Å². The summed E-state index contributed by atoms with van der Waals surface area (Å²) in [5.41, 5.74) is 6.40. The Hall–Kier alpha value is -1.62. The first-order valence-electron chi connectivity index (χ1n) is 7.55. The van der Waals surface area contributed by atoms with Gasteiger partial charge in [-0.05, 0) is 50.8 Å². The number of hydrogen-bond acceptors (Lipinski definition) is 2. The second-order valence-electron chi connectivity index (χ2n) is 6.04. The normalized spacial score (nSPS) is 17.5. The van der Waals surface area contributed by atoms with Crippen molar-refractivity contribution in [1.29, 1.82) is 0 Å². The molecule has 0 aromatic carbocycles. The molecule has 6 heteroatoms. The molecule has 0 atom stereocenters. The summed E-state index contributed by atoms with van der Waals surface area (Å²) < 4.78 is 0. The summed E-state index contributed by atoms with van der Waals surface area (Å²) in [4.78, 5) is 13.1. The average Bonchev–Trinajstić information content (AvgIpc) is 2.42. The van der Waals surface area contributed by atoms with Gasteiger partial charge in [0.05, 0.1) is 12.1 Å². The number of rotatable bonds is 3. The molecule has 3 N–H and O–H groups in total. The highest BCUT2D eigenvalue weighted by Gasteiger charge is 2.11. The lowest BCUT2D eigenvalue weighted by molar-refractivity contribution is 0.581. The van der Waals surface area contributed by atoms with Crippen LogP contribution in [0.1, 0.15) is 47.0 Å². The highest BCUT2D eigenvalue weighted by Crippen LogP contribution is 2.10. The summed E-state index contributed by atoms with van der Waals surface area (Å²) in [6.07, 6.45) is 9.46. The fourth-order valence-electron chi connectivity index (χ4n) is 1.84. The van der Waals surface area contributed by atoms with Crippen LogP contribution in [0.2, 0.25) is 0 Å². The van der Waals surface area contributed by atoms with Crippen LogP contribution < -0.4 is 11.1 Å². The minimum Gasteiger partial charge on any atom is -0.374 e. The lowest BCUT2D eigenvalue weighted by atomic mass is 10.1. The van der Waals surface area contributed by atoms with Crippen LogP contribution >= 0.6 is 11.6 Å². The van der Waals surface area contributed by atoms with Crippen molar-refractivity contribution < 1.29 is 0 Å². The molecule has 1 aliphatic carbocycles. The van der Waals surface area contributed by atoms with Gasteiger partial charge in [0.1, 0.15) is 5.84 Å². The fourth-order valence-corrected chi connectivity index (χ4v) is 1.92. The molecule has 122 valence electrons. The standard InChI is InChI=1S/C16H26ClN5/c1-5-13(19-11-12-9-7-6-8-10-12)20-15(21-14(17)18)22-16(2,3)4/h7,9-10H,5-6,8,11H2,1-4H3,(H3,18,19,20,21,22). The number of amidine groups is 2. The molecule has 0 spiro atoms. The molecular weight excluding hydrogens is 298 g/mol. The molecule has 0 aromatic heterocycles. The smallest absolute Gasteiger partial charge is 0.226 e. The van der Waals surface area contributed by atoms with Crippen molar-refractivity contribution in [3.8, 4) is 0 Å². The third-order valence-electron chi connectivity index (χ3n) is 2.77. The minimum atomic E-state index is -0.286. The van der Waals surface area contributed by atoms with Crippen molar-refractivity contribution in [1.82, 2.24) is 5.32 Å². The van der Waals surface area contributed by atoms with Crippen molar-refractivity contribution in [2.45, 2.75) is 52.5 Å². The lowest BCUT2D eigenvalue weighted by Crippen LogP contribution is -2.32. The number of aliphatic imine (C=N–C) groups is 3. The van der Waals surface area contributed by atoms with Crippen LogP contribution in [0.4, 0.5) is 0 Å². The second kappa shape index (κ2) is 8.73. The van der Waals surface area contributed by atoms with Crippen molar-refractivity contribution in [2.75, 3.05) is 6.54 Å². The molecule has 0 aromatic rings. The van der Waals surface area contributed by atoms with E-state index in [2.05, 4.69) is 38.5 Å². The third kappa shape index (κ3) is 7.98. The van der Waals surface area contributed by atoms with Crippen molar-refractivity contribution >= 4 is 28.7 Å². The Balaban J connectivity index is 2.84. The Morgan fingerprint density at radius 1 is 1.36 bits per heavy atom.